The molecule has 1 aliphatic carbocycles. The molecule has 0 radical (unpaired) electrons. The summed E-state index contributed by atoms with van der Waals surface area (Å²) >= 11 is 0. The van der Waals surface area contributed by atoms with Gasteiger partial charge >= 0.3 is 0 Å². The van der Waals surface area contributed by atoms with Crippen LogP contribution in [0, 0.1) is 12.8 Å². The van der Waals surface area contributed by atoms with Crippen molar-refractivity contribution in [1.82, 2.24) is 24.7 Å². The van der Waals surface area contributed by atoms with Gasteiger partial charge in [0.15, 0.2) is 0 Å². The van der Waals surface area contributed by atoms with E-state index in [1.54, 1.807) is 6.33 Å². The summed E-state index contributed by atoms with van der Waals surface area (Å²) in [5, 5.41) is 4.25. The van der Waals surface area contributed by atoms with Crippen LogP contribution in [0.5, 0.6) is 0 Å². The highest BCUT2D eigenvalue weighted by molar-refractivity contribution is 5.50. The van der Waals surface area contributed by atoms with Crippen LogP contribution < -0.4 is 4.90 Å². The van der Waals surface area contributed by atoms with Crippen molar-refractivity contribution in [3.8, 4) is 0 Å². The predicted molar refractivity (Wildman–Crippen MR) is 88.4 cm³/mol. The van der Waals surface area contributed by atoms with E-state index in [4.69, 9.17) is 4.98 Å². The van der Waals surface area contributed by atoms with Gasteiger partial charge in [-0.1, -0.05) is 0 Å². The maximum absolute atomic E-state index is 4.82. The lowest BCUT2D eigenvalue weighted by atomic mass is 9.94. The number of aromatic nitrogens is 5. The summed E-state index contributed by atoms with van der Waals surface area (Å²) in [6.07, 6.45) is 10.7. The third kappa shape index (κ3) is 3.07. The maximum atomic E-state index is 4.82. The van der Waals surface area contributed by atoms with Crippen LogP contribution in [-0.4, -0.2) is 37.8 Å². The highest BCUT2D eigenvalue weighted by atomic mass is 15.3. The Morgan fingerprint density at radius 2 is 2.09 bits per heavy atom. The quantitative estimate of drug-likeness (QED) is 0.869. The molecule has 1 saturated heterocycles. The first-order valence-electron chi connectivity index (χ1n) is 8.73. The molecule has 2 aromatic heterocycles. The van der Waals surface area contributed by atoms with E-state index >= 15 is 0 Å². The van der Waals surface area contributed by atoms with Crippen molar-refractivity contribution in [2.45, 2.75) is 52.0 Å². The van der Waals surface area contributed by atoms with Crippen molar-refractivity contribution in [2.24, 2.45) is 5.92 Å². The lowest BCUT2D eigenvalue weighted by Crippen LogP contribution is -2.38. The van der Waals surface area contributed by atoms with E-state index in [0.717, 1.165) is 38.3 Å². The summed E-state index contributed by atoms with van der Waals surface area (Å²) in [4.78, 5) is 16.1. The number of hydrogen-bond donors (Lipinski definition) is 0. The molecule has 6 heteroatoms. The first kappa shape index (κ1) is 14.6. The van der Waals surface area contributed by atoms with Gasteiger partial charge in [0.2, 0.25) is 0 Å². The minimum Gasteiger partial charge on any atom is -0.356 e. The molecule has 2 aromatic rings. The molecule has 1 atom stereocenters. The predicted octanol–water partition coefficient (Wildman–Crippen LogP) is 2.17. The summed E-state index contributed by atoms with van der Waals surface area (Å²) in [7, 11) is 0. The molecule has 122 valence electrons. The van der Waals surface area contributed by atoms with Crippen LogP contribution in [0.1, 0.15) is 42.8 Å². The zero-order valence-corrected chi connectivity index (χ0v) is 13.8. The van der Waals surface area contributed by atoms with Crippen molar-refractivity contribution >= 4 is 5.82 Å². The fourth-order valence-electron chi connectivity index (χ4n) is 3.95. The van der Waals surface area contributed by atoms with Crippen molar-refractivity contribution in [3.63, 3.8) is 0 Å². The fraction of sp³-hybridized carbons (Fsp3) is 0.647. The van der Waals surface area contributed by atoms with Crippen molar-refractivity contribution in [1.29, 1.82) is 0 Å². The Bertz CT molecular complexity index is 666. The number of nitrogens with zero attached hydrogens (tertiary/aromatic N) is 6. The summed E-state index contributed by atoms with van der Waals surface area (Å²) in [6, 6.07) is 0. The molecule has 0 saturated carbocycles. The number of piperidine rings is 1. The van der Waals surface area contributed by atoms with Crippen LogP contribution in [0.4, 0.5) is 5.82 Å². The normalized spacial score (nSPS) is 21.3. The van der Waals surface area contributed by atoms with Crippen molar-refractivity contribution in [2.75, 3.05) is 18.0 Å². The molecule has 0 spiro atoms. The van der Waals surface area contributed by atoms with Crippen LogP contribution in [-0.2, 0) is 19.4 Å². The summed E-state index contributed by atoms with van der Waals surface area (Å²) in [6.45, 7) is 5.14. The Balaban J connectivity index is 1.56. The molecule has 0 N–H and O–H groups in total. The van der Waals surface area contributed by atoms with E-state index < -0.39 is 0 Å². The van der Waals surface area contributed by atoms with E-state index in [-0.39, 0.29) is 0 Å². The molecule has 2 aliphatic rings. The van der Waals surface area contributed by atoms with Gasteiger partial charge in [0.25, 0.3) is 0 Å². The van der Waals surface area contributed by atoms with Gasteiger partial charge < -0.3 is 4.90 Å². The Hall–Kier alpha value is -1.98. The largest absolute Gasteiger partial charge is 0.356 e. The molecule has 23 heavy (non-hydrogen) atoms. The van der Waals surface area contributed by atoms with Crippen molar-refractivity contribution in [3.05, 3.63) is 29.7 Å². The second-order valence-corrected chi connectivity index (χ2v) is 6.80. The highest BCUT2D eigenvalue weighted by Gasteiger charge is 2.26. The highest BCUT2D eigenvalue weighted by Crippen LogP contribution is 2.31. The van der Waals surface area contributed by atoms with Gasteiger partial charge in [-0.15, -0.1) is 0 Å². The number of aryl methyl sites for hydroxylation is 2. The zero-order valence-electron chi connectivity index (χ0n) is 13.8. The van der Waals surface area contributed by atoms with Gasteiger partial charge in [0, 0.05) is 30.9 Å². The van der Waals surface area contributed by atoms with E-state index in [0.29, 0.717) is 5.92 Å². The number of rotatable bonds is 3. The van der Waals surface area contributed by atoms with Crippen LogP contribution in [0.25, 0.3) is 0 Å². The molecule has 1 unspecified atom stereocenters. The van der Waals surface area contributed by atoms with E-state index in [2.05, 4.69) is 20.0 Å². The monoisotopic (exact) mass is 312 g/mol. The SMILES string of the molecule is Cc1nc2c(c(N3CCCC(Cn4cncn4)C3)n1)CCCC2. The maximum Gasteiger partial charge on any atom is 0.137 e. The van der Waals surface area contributed by atoms with Crippen LogP contribution in [0.3, 0.4) is 0 Å². The average molecular weight is 312 g/mol. The van der Waals surface area contributed by atoms with Gasteiger partial charge in [0.1, 0.15) is 24.3 Å². The van der Waals surface area contributed by atoms with E-state index in [9.17, 15) is 0 Å². The van der Waals surface area contributed by atoms with Crippen molar-refractivity contribution < 1.29 is 0 Å². The molecule has 4 rings (SSSR count). The molecule has 1 aliphatic heterocycles. The van der Waals surface area contributed by atoms with Gasteiger partial charge in [-0.05, 0) is 51.4 Å². The van der Waals surface area contributed by atoms with Gasteiger partial charge in [-0.25, -0.2) is 15.0 Å². The lowest BCUT2D eigenvalue weighted by molar-refractivity contribution is 0.349. The van der Waals surface area contributed by atoms with Crippen LogP contribution in [0.2, 0.25) is 0 Å². The van der Waals surface area contributed by atoms with Crippen LogP contribution in [0.15, 0.2) is 12.7 Å². The minimum atomic E-state index is 0.611. The van der Waals surface area contributed by atoms with Gasteiger partial charge in [-0.3, -0.25) is 4.68 Å². The third-order valence-electron chi connectivity index (χ3n) is 5.00. The number of anilines is 1. The third-order valence-corrected chi connectivity index (χ3v) is 5.00. The Morgan fingerprint density at radius 1 is 1.17 bits per heavy atom. The second-order valence-electron chi connectivity index (χ2n) is 6.80. The molecule has 0 bridgehead atoms. The molecule has 3 heterocycles. The fourth-order valence-corrected chi connectivity index (χ4v) is 3.95. The first-order valence-corrected chi connectivity index (χ1v) is 8.73. The Morgan fingerprint density at radius 3 is 2.96 bits per heavy atom. The summed E-state index contributed by atoms with van der Waals surface area (Å²) in [5.74, 6) is 2.73. The minimum absolute atomic E-state index is 0.611. The zero-order chi connectivity index (χ0) is 15.6. The van der Waals surface area contributed by atoms with Gasteiger partial charge in [-0.2, -0.15) is 5.10 Å². The molecular weight excluding hydrogens is 288 g/mol. The second kappa shape index (κ2) is 6.26. The standard InChI is InChI=1S/C17H24N6/c1-13-20-16-7-3-2-6-15(16)17(21-13)22-8-4-5-14(9-22)10-23-12-18-11-19-23/h11-12,14H,2-10H2,1H3. The molecule has 6 nitrogen and oxygen atoms in total. The number of hydrogen-bond acceptors (Lipinski definition) is 5. The molecule has 0 aromatic carbocycles. The topological polar surface area (TPSA) is 59.7 Å². The summed E-state index contributed by atoms with van der Waals surface area (Å²) in [5.41, 5.74) is 2.69. The summed E-state index contributed by atoms with van der Waals surface area (Å²) < 4.78 is 1.95. The smallest absolute Gasteiger partial charge is 0.137 e. The lowest BCUT2D eigenvalue weighted by Gasteiger charge is -2.35. The Labute approximate surface area is 137 Å². The van der Waals surface area contributed by atoms with E-state index in [1.165, 1.54) is 42.8 Å². The van der Waals surface area contributed by atoms with Gasteiger partial charge in [0.05, 0.1) is 0 Å². The molecular formula is C17H24N6. The number of fused-ring (bicyclic) bond motifs is 1. The van der Waals surface area contributed by atoms with E-state index in [1.807, 2.05) is 17.9 Å². The Kier molecular flexibility index (Phi) is 3.97. The molecule has 0 amide bonds. The molecule has 1 fully saturated rings. The first-order chi connectivity index (χ1) is 11.3. The van der Waals surface area contributed by atoms with Crippen LogP contribution >= 0.6 is 0 Å². The average Bonchev–Trinajstić information content (AvgIpc) is 3.07.